The first kappa shape index (κ1) is 12.6. The molecule has 0 aliphatic carbocycles. The molecule has 0 saturated heterocycles. The van der Waals surface area contributed by atoms with E-state index in [0.717, 1.165) is 5.56 Å². The Morgan fingerprint density at radius 2 is 2.06 bits per heavy atom. The molecule has 1 heterocycles. The van der Waals surface area contributed by atoms with Gasteiger partial charge in [0.05, 0.1) is 6.61 Å². The molecule has 0 saturated carbocycles. The van der Waals surface area contributed by atoms with Crippen LogP contribution in [-0.2, 0) is 10.2 Å². The highest BCUT2D eigenvalue weighted by Gasteiger charge is 2.20. The maximum absolute atomic E-state index is 11.2. The van der Waals surface area contributed by atoms with Crippen molar-refractivity contribution in [3.63, 3.8) is 0 Å². The normalized spacial score (nSPS) is 11.2. The third-order valence-electron chi connectivity index (χ3n) is 2.53. The van der Waals surface area contributed by atoms with Gasteiger partial charge in [0.15, 0.2) is 0 Å². The molecule has 4 heteroatoms. The van der Waals surface area contributed by atoms with Crippen LogP contribution in [0, 0.1) is 0 Å². The summed E-state index contributed by atoms with van der Waals surface area (Å²) >= 11 is 0. The molecule has 2 N–H and O–H groups in total. The summed E-state index contributed by atoms with van der Waals surface area (Å²) in [5, 5.41) is 11.4. The zero-order chi connectivity index (χ0) is 12.0. The summed E-state index contributed by atoms with van der Waals surface area (Å²) in [6.07, 6.45) is 3.64. The molecule has 1 aromatic rings. The van der Waals surface area contributed by atoms with Crippen molar-refractivity contribution in [1.82, 2.24) is 10.3 Å². The fourth-order valence-corrected chi connectivity index (χ4v) is 1.41. The largest absolute Gasteiger partial charge is 0.396 e. The molecule has 1 rings (SSSR count). The Hall–Kier alpha value is -1.42. The molecule has 0 aliphatic heterocycles. The fraction of sp³-hybridized carbons (Fsp3) is 0.500. The van der Waals surface area contributed by atoms with Gasteiger partial charge in [0, 0.05) is 30.8 Å². The van der Waals surface area contributed by atoms with Crippen molar-refractivity contribution < 1.29 is 9.90 Å². The summed E-state index contributed by atoms with van der Waals surface area (Å²) in [5.41, 5.74) is 1.00. The van der Waals surface area contributed by atoms with Crippen molar-refractivity contribution in [2.24, 2.45) is 0 Å². The van der Waals surface area contributed by atoms with E-state index in [9.17, 15) is 4.79 Å². The first-order valence-electron chi connectivity index (χ1n) is 5.34. The van der Waals surface area contributed by atoms with Crippen molar-refractivity contribution in [3.8, 4) is 0 Å². The molecule has 0 bridgehead atoms. The topological polar surface area (TPSA) is 62.2 Å². The molecule has 88 valence electrons. The average molecular weight is 222 g/mol. The van der Waals surface area contributed by atoms with Gasteiger partial charge < -0.3 is 10.4 Å². The van der Waals surface area contributed by atoms with Gasteiger partial charge in [-0.1, -0.05) is 13.8 Å². The number of carbonyl (C=O) groups excluding carboxylic acids is 1. The van der Waals surface area contributed by atoms with Crippen molar-refractivity contribution in [2.45, 2.75) is 25.7 Å². The highest BCUT2D eigenvalue weighted by atomic mass is 16.3. The lowest BCUT2D eigenvalue weighted by atomic mass is 9.85. The van der Waals surface area contributed by atoms with Crippen LogP contribution >= 0.6 is 0 Å². The predicted molar refractivity (Wildman–Crippen MR) is 62.0 cm³/mol. The Morgan fingerprint density at radius 1 is 1.44 bits per heavy atom. The summed E-state index contributed by atoms with van der Waals surface area (Å²) in [5.74, 6) is -0.121. The maximum Gasteiger partial charge on any atom is 0.222 e. The number of amides is 1. The zero-order valence-corrected chi connectivity index (χ0v) is 9.73. The van der Waals surface area contributed by atoms with Gasteiger partial charge in [-0.3, -0.25) is 9.78 Å². The van der Waals surface area contributed by atoms with Crippen molar-refractivity contribution in [1.29, 1.82) is 0 Å². The molecule has 0 aliphatic rings. The van der Waals surface area contributed by atoms with Gasteiger partial charge in [-0.2, -0.15) is 0 Å². The van der Waals surface area contributed by atoms with Crippen LogP contribution in [0.3, 0.4) is 0 Å². The van der Waals surface area contributed by atoms with Gasteiger partial charge in [0.1, 0.15) is 0 Å². The standard InChI is InChI=1S/C12H18N2O2/c1-12(2,9-14-11(16)5-8-15)10-3-6-13-7-4-10/h3-4,6-7,15H,5,8-9H2,1-2H3,(H,14,16). The average Bonchev–Trinajstić information content (AvgIpc) is 2.28. The lowest BCUT2D eigenvalue weighted by Crippen LogP contribution is -2.36. The minimum Gasteiger partial charge on any atom is -0.396 e. The first-order valence-corrected chi connectivity index (χ1v) is 5.34. The lowest BCUT2D eigenvalue weighted by Gasteiger charge is -2.25. The van der Waals surface area contributed by atoms with Crippen LogP contribution in [-0.4, -0.2) is 29.1 Å². The monoisotopic (exact) mass is 222 g/mol. The number of aliphatic hydroxyl groups excluding tert-OH is 1. The third-order valence-corrected chi connectivity index (χ3v) is 2.53. The molecule has 1 aromatic heterocycles. The van der Waals surface area contributed by atoms with Crippen molar-refractivity contribution >= 4 is 5.91 Å². The van der Waals surface area contributed by atoms with Crippen LogP contribution in [0.25, 0.3) is 0 Å². The second-order valence-corrected chi connectivity index (χ2v) is 4.37. The van der Waals surface area contributed by atoms with Crippen LogP contribution in [0.1, 0.15) is 25.8 Å². The first-order chi connectivity index (χ1) is 7.56. The predicted octanol–water partition coefficient (Wildman–Crippen LogP) is 0.858. The molecule has 0 unspecified atom stereocenters. The van der Waals surface area contributed by atoms with Crippen LogP contribution in [0.5, 0.6) is 0 Å². The van der Waals surface area contributed by atoms with E-state index in [1.165, 1.54) is 0 Å². The molecular formula is C12H18N2O2. The van der Waals surface area contributed by atoms with Crippen molar-refractivity contribution in [2.75, 3.05) is 13.2 Å². The summed E-state index contributed by atoms with van der Waals surface area (Å²) in [6, 6.07) is 3.89. The SMILES string of the molecule is CC(C)(CNC(=O)CCO)c1ccncc1. The number of aliphatic hydroxyl groups is 1. The summed E-state index contributed by atoms with van der Waals surface area (Å²) < 4.78 is 0. The van der Waals surface area contributed by atoms with Crippen LogP contribution < -0.4 is 5.32 Å². The molecule has 0 atom stereocenters. The molecule has 0 fully saturated rings. The van der Waals surface area contributed by atoms with E-state index in [2.05, 4.69) is 24.1 Å². The Labute approximate surface area is 95.7 Å². The number of nitrogens with zero attached hydrogens (tertiary/aromatic N) is 1. The van der Waals surface area contributed by atoms with E-state index in [0.29, 0.717) is 6.54 Å². The van der Waals surface area contributed by atoms with Crippen LogP contribution in [0.4, 0.5) is 0 Å². The van der Waals surface area contributed by atoms with Gasteiger partial charge in [0.2, 0.25) is 5.91 Å². The number of hydrogen-bond acceptors (Lipinski definition) is 3. The highest BCUT2D eigenvalue weighted by molar-refractivity contribution is 5.76. The second-order valence-electron chi connectivity index (χ2n) is 4.37. The third kappa shape index (κ3) is 3.62. The summed E-state index contributed by atoms with van der Waals surface area (Å²) in [6.45, 7) is 4.56. The number of hydrogen-bond donors (Lipinski definition) is 2. The summed E-state index contributed by atoms with van der Waals surface area (Å²) in [4.78, 5) is 15.2. The summed E-state index contributed by atoms with van der Waals surface area (Å²) in [7, 11) is 0. The minimum absolute atomic E-state index is 0.110. The Bertz CT molecular complexity index is 336. The Morgan fingerprint density at radius 3 is 2.62 bits per heavy atom. The molecule has 0 radical (unpaired) electrons. The van der Waals surface area contributed by atoms with Crippen LogP contribution in [0.15, 0.2) is 24.5 Å². The van der Waals surface area contributed by atoms with E-state index in [1.807, 2.05) is 12.1 Å². The van der Waals surface area contributed by atoms with Gasteiger partial charge >= 0.3 is 0 Å². The highest BCUT2D eigenvalue weighted by Crippen LogP contribution is 2.21. The maximum atomic E-state index is 11.2. The molecular weight excluding hydrogens is 204 g/mol. The van der Waals surface area contributed by atoms with E-state index >= 15 is 0 Å². The molecule has 0 aromatic carbocycles. The number of pyridine rings is 1. The quantitative estimate of drug-likeness (QED) is 0.776. The van der Waals surface area contributed by atoms with Crippen LogP contribution in [0.2, 0.25) is 0 Å². The molecule has 4 nitrogen and oxygen atoms in total. The van der Waals surface area contributed by atoms with E-state index in [1.54, 1.807) is 12.4 Å². The zero-order valence-electron chi connectivity index (χ0n) is 9.73. The molecule has 0 spiro atoms. The Kier molecular flexibility index (Phi) is 4.43. The molecule has 1 amide bonds. The van der Waals surface area contributed by atoms with Gasteiger partial charge in [0.25, 0.3) is 0 Å². The van der Waals surface area contributed by atoms with E-state index in [4.69, 9.17) is 5.11 Å². The second kappa shape index (κ2) is 5.61. The number of rotatable bonds is 5. The van der Waals surface area contributed by atoms with E-state index in [-0.39, 0.29) is 24.3 Å². The lowest BCUT2D eigenvalue weighted by molar-refractivity contribution is -0.121. The van der Waals surface area contributed by atoms with E-state index < -0.39 is 0 Å². The Balaban J connectivity index is 2.55. The number of aromatic nitrogens is 1. The smallest absolute Gasteiger partial charge is 0.222 e. The number of carbonyl (C=O) groups is 1. The fourth-order valence-electron chi connectivity index (χ4n) is 1.41. The van der Waals surface area contributed by atoms with Crippen molar-refractivity contribution in [3.05, 3.63) is 30.1 Å². The minimum atomic E-state index is -0.131. The van der Waals surface area contributed by atoms with Gasteiger partial charge in [-0.15, -0.1) is 0 Å². The molecule has 16 heavy (non-hydrogen) atoms. The van der Waals surface area contributed by atoms with Gasteiger partial charge in [-0.05, 0) is 17.7 Å². The van der Waals surface area contributed by atoms with Gasteiger partial charge in [-0.25, -0.2) is 0 Å². The number of nitrogens with one attached hydrogen (secondary N) is 1.